The van der Waals surface area contributed by atoms with Crippen LogP contribution in [0.1, 0.15) is 48.0 Å². The second kappa shape index (κ2) is 7.52. The largest absolute Gasteiger partial charge is 0.334 e. The minimum absolute atomic E-state index is 0.0144. The van der Waals surface area contributed by atoms with Gasteiger partial charge >= 0.3 is 0 Å². The number of aromatic nitrogens is 2. The summed E-state index contributed by atoms with van der Waals surface area (Å²) in [4.78, 5) is 34.4. The van der Waals surface area contributed by atoms with Crippen molar-refractivity contribution in [2.45, 2.75) is 39.2 Å². The summed E-state index contributed by atoms with van der Waals surface area (Å²) in [5.41, 5.74) is 2.77. The zero-order valence-electron chi connectivity index (χ0n) is 17.3. The van der Waals surface area contributed by atoms with Gasteiger partial charge in [0.25, 0.3) is 11.5 Å². The number of H-pyrrole nitrogens is 1. The van der Waals surface area contributed by atoms with E-state index in [0.717, 1.165) is 5.56 Å². The first-order chi connectivity index (χ1) is 14.2. The number of nitrogens with zero attached hydrogens (tertiary/aromatic N) is 2. The first-order valence-corrected chi connectivity index (χ1v) is 10.0. The highest BCUT2D eigenvalue weighted by Crippen LogP contribution is 2.24. The van der Waals surface area contributed by atoms with Gasteiger partial charge in [-0.05, 0) is 35.2 Å². The molecular weight excluding hydrogens is 381 g/mol. The van der Waals surface area contributed by atoms with Crippen LogP contribution in [-0.4, -0.2) is 27.3 Å². The molecular formula is C24H24FN3O2. The fraction of sp³-hybridized carbons (Fsp3) is 0.292. The van der Waals surface area contributed by atoms with E-state index in [2.05, 4.69) is 30.7 Å². The van der Waals surface area contributed by atoms with Crippen LogP contribution in [0.15, 0.2) is 53.3 Å². The lowest BCUT2D eigenvalue weighted by Crippen LogP contribution is -2.39. The molecule has 1 aliphatic rings. The van der Waals surface area contributed by atoms with E-state index in [1.54, 1.807) is 23.1 Å². The van der Waals surface area contributed by atoms with Crippen molar-refractivity contribution >= 4 is 5.91 Å². The normalized spacial score (nSPS) is 13.8. The van der Waals surface area contributed by atoms with E-state index >= 15 is 0 Å². The van der Waals surface area contributed by atoms with E-state index in [0.29, 0.717) is 29.8 Å². The Labute approximate surface area is 174 Å². The summed E-state index contributed by atoms with van der Waals surface area (Å²) in [5, 5.41) is 0. The van der Waals surface area contributed by atoms with Crippen molar-refractivity contribution in [1.82, 2.24) is 14.9 Å². The Kier molecular flexibility index (Phi) is 5.02. The zero-order valence-corrected chi connectivity index (χ0v) is 17.3. The third-order valence-electron chi connectivity index (χ3n) is 5.48. The number of carbonyl (C=O) groups is 1. The van der Waals surface area contributed by atoms with Crippen LogP contribution in [-0.2, 0) is 18.4 Å². The number of halogens is 1. The molecule has 1 aliphatic heterocycles. The molecule has 2 aromatic carbocycles. The van der Waals surface area contributed by atoms with Crippen LogP contribution in [0, 0.1) is 5.82 Å². The Morgan fingerprint density at radius 2 is 1.80 bits per heavy atom. The topological polar surface area (TPSA) is 66.1 Å². The van der Waals surface area contributed by atoms with Crippen LogP contribution in [0.2, 0.25) is 0 Å². The molecule has 1 amide bonds. The molecule has 6 heteroatoms. The molecule has 0 bridgehead atoms. The quantitative estimate of drug-likeness (QED) is 0.699. The molecule has 0 saturated carbocycles. The van der Waals surface area contributed by atoms with Crippen LogP contribution in [0.3, 0.4) is 0 Å². The monoisotopic (exact) mass is 405 g/mol. The van der Waals surface area contributed by atoms with Gasteiger partial charge in [-0.3, -0.25) is 9.59 Å². The second-order valence-corrected chi connectivity index (χ2v) is 8.62. The van der Waals surface area contributed by atoms with Crippen LogP contribution >= 0.6 is 0 Å². The fourth-order valence-electron chi connectivity index (χ4n) is 3.67. The lowest BCUT2D eigenvalue weighted by Gasteiger charge is -2.28. The number of hydrogen-bond donors (Lipinski definition) is 1. The summed E-state index contributed by atoms with van der Waals surface area (Å²) in [6.45, 7) is 7.02. The van der Waals surface area contributed by atoms with Crippen LogP contribution < -0.4 is 5.56 Å². The molecule has 0 unspecified atom stereocenters. The van der Waals surface area contributed by atoms with E-state index in [4.69, 9.17) is 0 Å². The molecule has 2 heterocycles. The number of carbonyl (C=O) groups excluding carboxylic acids is 1. The Morgan fingerprint density at radius 3 is 2.47 bits per heavy atom. The van der Waals surface area contributed by atoms with Gasteiger partial charge in [0.05, 0.1) is 23.4 Å². The van der Waals surface area contributed by atoms with Gasteiger partial charge in [0.15, 0.2) is 0 Å². The molecule has 1 aromatic heterocycles. The minimum Gasteiger partial charge on any atom is -0.334 e. The number of fused-ring (bicyclic) bond motifs is 1. The molecule has 4 rings (SSSR count). The molecule has 5 nitrogen and oxygen atoms in total. The molecule has 0 fully saturated rings. The zero-order chi connectivity index (χ0) is 21.5. The van der Waals surface area contributed by atoms with Crippen molar-refractivity contribution in [2.24, 2.45) is 0 Å². The van der Waals surface area contributed by atoms with E-state index in [1.165, 1.54) is 6.07 Å². The molecule has 0 spiro atoms. The first-order valence-electron chi connectivity index (χ1n) is 10.0. The summed E-state index contributed by atoms with van der Waals surface area (Å²) >= 11 is 0. The Hall–Kier alpha value is -3.28. The predicted octanol–water partition coefficient (Wildman–Crippen LogP) is 4.07. The SMILES string of the molecule is CC(C)(C)c1ccc(C(=O)N2CCc3nc(-c4ccccc4F)[nH]c(=O)c3C2)cc1. The lowest BCUT2D eigenvalue weighted by molar-refractivity contribution is 0.0732. The molecule has 1 N–H and O–H groups in total. The summed E-state index contributed by atoms with van der Waals surface area (Å²) in [6.07, 6.45) is 0.451. The van der Waals surface area contributed by atoms with Crippen molar-refractivity contribution in [3.05, 3.63) is 87.1 Å². The van der Waals surface area contributed by atoms with Gasteiger partial charge < -0.3 is 9.88 Å². The highest BCUT2D eigenvalue weighted by molar-refractivity contribution is 5.94. The van der Waals surface area contributed by atoms with Gasteiger partial charge in [0, 0.05) is 18.5 Å². The number of amides is 1. The third-order valence-corrected chi connectivity index (χ3v) is 5.48. The van der Waals surface area contributed by atoms with Crippen LogP contribution in [0.4, 0.5) is 4.39 Å². The van der Waals surface area contributed by atoms with E-state index in [-0.39, 0.29) is 34.8 Å². The molecule has 154 valence electrons. The lowest BCUT2D eigenvalue weighted by atomic mass is 9.86. The molecule has 0 radical (unpaired) electrons. The summed E-state index contributed by atoms with van der Waals surface area (Å²) in [5.74, 6) is -0.333. The maximum absolute atomic E-state index is 14.1. The van der Waals surface area contributed by atoms with E-state index < -0.39 is 5.82 Å². The number of rotatable bonds is 2. The minimum atomic E-state index is -0.438. The van der Waals surface area contributed by atoms with Crippen molar-refractivity contribution in [3.8, 4) is 11.4 Å². The van der Waals surface area contributed by atoms with Crippen molar-refractivity contribution < 1.29 is 9.18 Å². The molecule has 0 saturated heterocycles. The smallest absolute Gasteiger partial charge is 0.256 e. The molecule has 30 heavy (non-hydrogen) atoms. The summed E-state index contributed by atoms with van der Waals surface area (Å²) < 4.78 is 14.1. The van der Waals surface area contributed by atoms with E-state index in [1.807, 2.05) is 24.3 Å². The van der Waals surface area contributed by atoms with Gasteiger partial charge in [0.2, 0.25) is 0 Å². The Bertz CT molecular complexity index is 1160. The van der Waals surface area contributed by atoms with Gasteiger partial charge in [-0.15, -0.1) is 0 Å². The maximum atomic E-state index is 14.1. The first kappa shape index (κ1) is 20.0. The fourth-order valence-corrected chi connectivity index (χ4v) is 3.67. The average Bonchev–Trinajstić information content (AvgIpc) is 2.73. The highest BCUT2D eigenvalue weighted by atomic mass is 19.1. The van der Waals surface area contributed by atoms with Crippen LogP contribution in [0.25, 0.3) is 11.4 Å². The Balaban J connectivity index is 1.59. The van der Waals surface area contributed by atoms with Gasteiger partial charge in [0.1, 0.15) is 11.6 Å². The predicted molar refractivity (Wildman–Crippen MR) is 114 cm³/mol. The number of aromatic amines is 1. The van der Waals surface area contributed by atoms with Crippen LogP contribution in [0.5, 0.6) is 0 Å². The standard InChI is InChI=1S/C24H24FN3O2/c1-24(2,3)16-10-8-15(9-11-16)23(30)28-13-12-20-18(14-28)22(29)27-21(26-20)17-6-4-5-7-19(17)25/h4-11H,12-14H2,1-3H3,(H,26,27,29). The van der Waals surface area contributed by atoms with Crippen molar-refractivity contribution in [1.29, 1.82) is 0 Å². The molecule has 0 aliphatic carbocycles. The molecule has 0 atom stereocenters. The van der Waals surface area contributed by atoms with Crippen molar-refractivity contribution in [2.75, 3.05) is 6.54 Å². The molecule has 3 aromatic rings. The maximum Gasteiger partial charge on any atom is 0.256 e. The number of hydrogen-bond acceptors (Lipinski definition) is 3. The third kappa shape index (κ3) is 3.77. The Morgan fingerprint density at radius 1 is 1.10 bits per heavy atom. The summed E-state index contributed by atoms with van der Waals surface area (Å²) in [7, 11) is 0. The van der Waals surface area contributed by atoms with Gasteiger partial charge in [-0.25, -0.2) is 9.37 Å². The summed E-state index contributed by atoms with van der Waals surface area (Å²) in [6, 6.07) is 13.8. The second-order valence-electron chi connectivity index (χ2n) is 8.62. The van der Waals surface area contributed by atoms with Crippen molar-refractivity contribution in [3.63, 3.8) is 0 Å². The van der Waals surface area contributed by atoms with E-state index in [9.17, 15) is 14.0 Å². The number of benzene rings is 2. The average molecular weight is 405 g/mol. The van der Waals surface area contributed by atoms with Gasteiger partial charge in [-0.1, -0.05) is 45.0 Å². The van der Waals surface area contributed by atoms with Gasteiger partial charge in [-0.2, -0.15) is 0 Å². The number of nitrogens with one attached hydrogen (secondary N) is 1. The highest BCUT2D eigenvalue weighted by Gasteiger charge is 2.26.